The number of hydrogen-bond acceptors (Lipinski definition) is 0. The summed E-state index contributed by atoms with van der Waals surface area (Å²) in [7, 11) is 0. The molecule has 0 aliphatic rings. The first-order valence-electron chi connectivity index (χ1n) is 6.26. The van der Waals surface area contributed by atoms with Crippen molar-refractivity contribution >= 4 is 0 Å². The number of hydrogen-bond donors (Lipinski definition) is 0. The van der Waals surface area contributed by atoms with Crippen LogP contribution in [0.25, 0.3) is 11.1 Å². The van der Waals surface area contributed by atoms with Crippen LogP contribution in [-0.4, -0.2) is 0 Å². The van der Waals surface area contributed by atoms with Gasteiger partial charge in [-0.3, -0.25) is 0 Å². The summed E-state index contributed by atoms with van der Waals surface area (Å²) in [4.78, 5) is 0. The Morgan fingerprint density at radius 1 is 0.889 bits per heavy atom. The van der Waals surface area contributed by atoms with Crippen LogP contribution in [-0.2, 0) is 12.1 Å². The molecular weight excluding hydrogens is 223 g/mol. The molecular formula is C17H19F. The summed E-state index contributed by atoms with van der Waals surface area (Å²) in [6.07, 6.45) is 0. The Morgan fingerprint density at radius 3 is 2.11 bits per heavy atom. The van der Waals surface area contributed by atoms with E-state index in [9.17, 15) is 4.39 Å². The fourth-order valence-corrected chi connectivity index (χ4v) is 2.00. The molecule has 0 fully saturated rings. The molecule has 94 valence electrons. The van der Waals surface area contributed by atoms with Gasteiger partial charge in [0.25, 0.3) is 0 Å². The summed E-state index contributed by atoms with van der Waals surface area (Å²) >= 11 is 0. The molecule has 18 heavy (non-hydrogen) atoms. The molecule has 0 saturated carbocycles. The first-order valence-corrected chi connectivity index (χ1v) is 6.26. The van der Waals surface area contributed by atoms with Gasteiger partial charge in [-0.2, -0.15) is 0 Å². The number of rotatable bonds is 2. The van der Waals surface area contributed by atoms with Crippen molar-refractivity contribution in [3.05, 3.63) is 59.7 Å². The molecule has 0 aliphatic carbocycles. The largest absolute Gasteiger partial charge is 0.246 e. The molecule has 0 amide bonds. The summed E-state index contributed by atoms with van der Waals surface area (Å²) in [5.74, 6) is 0. The number of alkyl halides is 1. The van der Waals surface area contributed by atoms with Crippen LogP contribution in [0.4, 0.5) is 4.39 Å². The molecule has 0 N–H and O–H groups in total. The van der Waals surface area contributed by atoms with Gasteiger partial charge < -0.3 is 0 Å². The smallest absolute Gasteiger partial charge is 0.115 e. The minimum Gasteiger partial charge on any atom is -0.246 e. The van der Waals surface area contributed by atoms with Crippen LogP contribution in [0.3, 0.4) is 0 Å². The van der Waals surface area contributed by atoms with E-state index in [1.54, 1.807) is 0 Å². The zero-order valence-electron chi connectivity index (χ0n) is 11.2. The zero-order valence-corrected chi connectivity index (χ0v) is 11.2. The highest BCUT2D eigenvalue weighted by Gasteiger charge is 2.13. The topological polar surface area (TPSA) is 0 Å². The lowest BCUT2D eigenvalue weighted by molar-refractivity contribution is 0.485. The lowest BCUT2D eigenvalue weighted by Crippen LogP contribution is -2.10. The van der Waals surface area contributed by atoms with Gasteiger partial charge in [-0.05, 0) is 33.7 Å². The maximum Gasteiger partial charge on any atom is 0.115 e. The molecule has 0 radical (unpaired) electrons. The molecule has 0 unspecified atom stereocenters. The second-order valence-electron chi connectivity index (χ2n) is 5.66. The SMILES string of the molecule is CC(C)(C)c1cccc(-c2cccc(CF)c2)c1. The Bertz CT molecular complexity index is 535. The van der Waals surface area contributed by atoms with Gasteiger partial charge in [0.1, 0.15) is 6.67 Å². The van der Waals surface area contributed by atoms with Gasteiger partial charge in [-0.1, -0.05) is 63.2 Å². The summed E-state index contributed by atoms with van der Waals surface area (Å²) in [6.45, 7) is 6.19. The quantitative estimate of drug-likeness (QED) is 0.685. The first-order chi connectivity index (χ1) is 8.50. The van der Waals surface area contributed by atoms with Crippen molar-refractivity contribution in [2.24, 2.45) is 0 Å². The fraction of sp³-hybridized carbons (Fsp3) is 0.294. The van der Waals surface area contributed by atoms with Crippen LogP contribution in [0.2, 0.25) is 0 Å². The van der Waals surface area contributed by atoms with E-state index >= 15 is 0 Å². The summed E-state index contributed by atoms with van der Waals surface area (Å²) < 4.78 is 12.7. The van der Waals surface area contributed by atoms with E-state index in [-0.39, 0.29) is 5.41 Å². The molecule has 2 aromatic rings. The minimum atomic E-state index is -0.410. The van der Waals surface area contributed by atoms with E-state index in [0.29, 0.717) is 0 Å². The average molecular weight is 242 g/mol. The molecule has 2 aromatic carbocycles. The van der Waals surface area contributed by atoms with Crippen LogP contribution in [0.1, 0.15) is 31.9 Å². The van der Waals surface area contributed by atoms with Crippen LogP contribution in [0.5, 0.6) is 0 Å². The predicted octanol–water partition coefficient (Wildman–Crippen LogP) is 5.12. The third-order valence-corrected chi connectivity index (χ3v) is 3.14. The molecule has 0 aliphatic heterocycles. The fourth-order valence-electron chi connectivity index (χ4n) is 2.00. The maximum atomic E-state index is 12.7. The molecule has 0 atom stereocenters. The Kier molecular flexibility index (Phi) is 3.51. The Hall–Kier alpha value is -1.63. The molecule has 0 bridgehead atoms. The van der Waals surface area contributed by atoms with Gasteiger partial charge in [-0.15, -0.1) is 0 Å². The van der Waals surface area contributed by atoms with Gasteiger partial charge in [0.15, 0.2) is 0 Å². The molecule has 0 nitrogen and oxygen atoms in total. The summed E-state index contributed by atoms with van der Waals surface area (Å²) in [5.41, 5.74) is 4.39. The first kappa shape index (κ1) is 12.8. The molecule has 1 heteroatoms. The van der Waals surface area contributed by atoms with E-state index in [2.05, 4.69) is 45.0 Å². The lowest BCUT2D eigenvalue weighted by atomic mass is 9.85. The van der Waals surface area contributed by atoms with Crippen molar-refractivity contribution in [2.45, 2.75) is 32.9 Å². The third-order valence-electron chi connectivity index (χ3n) is 3.14. The predicted molar refractivity (Wildman–Crippen MR) is 75.4 cm³/mol. The van der Waals surface area contributed by atoms with Crippen LogP contribution < -0.4 is 0 Å². The molecule has 0 heterocycles. The van der Waals surface area contributed by atoms with Crippen molar-refractivity contribution in [1.29, 1.82) is 0 Å². The Morgan fingerprint density at radius 2 is 1.50 bits per heavy atom. The van der Waals surface area contributed by atoms with Gasteiger partial charge >= 0.3 is 0 Å². The van der Waals surface area contributed by atoms with Crippen molar-refractivity contribution in [2.75, 3.05) is 0 Å². The highest BCUT2D eigenvalue weighted by atomic mass is 19.1. The normalized spacial score (nSPS) is 11.6. The van der Waals surface area contributed by atoms with E-state index in [1.165, 1.54) is 5.56 Å². The van der Waals surface area contributed by atoms with Crippen molar-refractivity contribution < 1.29 is 4.39 Å². The Labute approximate surface area is 108 Å². The third kappa shape index (κ3) is 2.79. The maximum absolute atomic E-state index is 12.7. The second-order valence-corrected chi connectivity index (χ2v) is 5.66. The van der Waals surface area contributed by atoms with E-state index < -0.39 is 6.67 Å². The molecule has 0 spiro atoms. The average Bonchev–Trinajstić information content (AvgIpc) is 2.38. The van der Waals surface area contributed by atoms with Crippen LogP contribution in [0, 0.1) is 0 Å². The second kappa shape index (κ2) is 4.93. The molecule has 2 rings (SSSR count). The van der Waals surface area contributed by atoms with Gasteiger partial charge in [0.2, 0.25) is 0 Å². The Balaban J connectivity index is 2.44. The van der Waals surface area contributed by atoms with Crippen LogP contribution >= 0.6 is 0 Å². The van der Waals surface area contributed by atoms with Crippen LogP contribution in [0.15, 0.2) is 48.5 Å². The van der Waals surface area contributed by atoms with E-state index in [0.717, 1.165) is 16.7 Å². The summed E-state index contributed by atoms with van der Waals surface area (Å²) in [5, 5.41) is 0. The van der Waals surface area contributed by atoms with E-state index in [1.807, 2.05) is 24.3 Å². The van der Waals surface area contributed by atoms with Crippen molar-refractivity contribution in [1.82, 2.24) is 0 Å². The van der Waals surface area contributed by atoms with Gasteiger partial charge in [0.05, 0.1) is 0 Å². The molecule has 0 saturated heterocycles. The monoisotopic (exact) mass is 242 g/mol. The van der Waals surface area contributed by atoms with Gasteiger partial charge in [0, 0.05) is 0 Å². The standard InChI is InChI=1S/C17H19F/c1-17(2,3)16-9-5-8-15(11-16)14-7-4-6-13(10-14)12-18/h4-11H,12H2,1-3H3. The molecule has 0 aromatic heterocycles. The number of benzene rings is 2. The van der Waals surface area contributed by atoms with Gasteiger partial charge in [-0.25, -0.2) is 4.39 Å². The minimum absolute atomic E-state index is 0.133. The van der Waals surface area contributed by atoms with Crippen molar-refractivity contribution in [3.63, 3.8) is 0 Å². The van der Waals surface area contributed by atoms with E-state index in [4.69, 9.17) is 0 Å². The summed E-state index contributed by atoms with van der Waals surface area (Å²) in [6, 6.07) is 16.2. The van der Waals surface area contributed by atoms with Crippen molar-refractivity contribution in [3.8, 4) is 11.1 Å². The zero-order chi connectivity index (χ0) is 13.2. The highest BCUT2D eigenvalue weighted by Crippen LogP contribution is 2.28. The number of halogens is 1. The lowest BCUT2D eigenvalue weighted by Gasteiger charge is -2.19. The highest BCUT2D eigenvalue weighted by molar-refractivity contribution is 5.65.